The molecule has 4 aromatic rings. The van der Waals surface area contributed by atoms with Crippen molar-refractivity contribution in [3.8, 4) is 17.2 Å². The maximum atomic E-state index is 13.4. The third kappa shape index (κ3) is 4.27. The number of nitrogens with one attached hydrogen (secondary N) is 1. The van der Waals surface area contributed by atoms with Crippen molar-refractivity contribution in [1.82, 2.24) is 4.98 Å². The molecule has 0 aliphatic rings. The van der Waals surface area contributed by atoms with Crippen LogP contribution in [0.3, 0.4) is 0 Å². The average molecular weight is 390 g/mol. The molecule has 0 bridgehead atoms. The highest BCUT2D eigenvalue weighted by Gasteiger charge is 2.12. The van der Waals surface area contributed by atoms with Gasteiger partial charge in [0, 0.05) is 16.8 Å². The van der Waals surface area contributed by atoms with Crippen LogP contribution in [0.15, 0.2) is 71.1 Å². The number of carbonyl (C=O) groups is 1. The topological polar surface area (TPSA) is 64.4 Å². The van der Waals surface area contributed by atoms with Crippen LogP contribution in [0.25, 0.3) is 22.6 Å². The molecular weight excluding hydrogens is 371 g/mol. The van der Waals surface area contributed by atoms with E-state index in [-0.39, 0.29) is 11.7 Å². The molecule has 0 unspecified atom stereocenters. The normalized spacial score (nSPS) is 10.8. The van der Waals surface area contributed by atoms with Crippen molar-refractivity contribution in [3.63, 3.8) is 0 Å². The summed E-state index contributed by atoms with van der Waals surface area (Å²) in [5.74, 6) is 0.373. The highest BCUT2D eigenvalue weighted by Crippen LogP contribution is 2.27. The zero-order valence-electron chi connectivity index (χ0n) is 15.8. The molecular formula is C23H19FN2O3. The number of benzene rings is 3. The lowest BCUT2D eigenvalue weighted by atomic mass is 10.2. The number of halogens is 1. The van der Waals surface area contributed by atoms with E-state index >= 15 is 0 Å². The minimum absolute atomic E-state index is 0.250. The second-order valence-corrected chi connectivity index (χ2v) is 6.54. The van der Waals surface area contributed by atoms with Crippen molar-refractivity contribution in [1.29, 1.82) is 0 Å². The van der Waals surface area contributed by atoms with Crippen LogP contribution in [-0.2, 0) is 0 Å². The molecule has 1 heterocycles. The number of fused-ring (bicyclic) bond motifs is 1. The Morgan fingerprint density at radius 1 is 1.10 bits per heavy atom. The number of rotatable bonds is 6. The summed E-state index contributed by atoms with van der Waals surface area (Å²) in [7, 11) is 0. The summed E-state index contributed by atoms with van der Waals surface area (Å²) >= 11 is 0. The van der Waals surface area contributed by atoms with E-state index in [0.29, 0.717) is 46.2 Å². The standard InChI is InChI=1S/C23H19FN2O3/c1-2-11-28-19-8-4-5-15(13-19)22(27)25-18-9-10-21-20(14-18)26-23(29-21)16-6-3-7-17(24)12-16/h3-10,12-14H,2,11H2,1H3,(H,25,27). The third-order valence-corrected chi connectivity index (χ3v) is 4.29. The molecule has 1 aromatic heterocycles. The summed E-state index contributed by atoms with van der Waals surface area (Å²) < 4.78 is 24.7. The monoisotopic (exact) mass is 390 g/mol. The van der Waals surface area contributed by atoms with Crippen LogP contribution >= 0.6 is 0 Å². The zero-order valence-corrected chi connectivity index (χ0v) is 15.8. The first-order valence-electron chi connectivity index (χ1n) is 9.33. The van der Waals surface area contributed by atoms with E-state index in [1.54, 1.807) is 48.5 Å². The van der Waals surface area contributed by atoms with Gasteiger partial charge in [0.15, 0.2) is 5.58 Å². The molecule has 146 valence electrons. The van der Waals surface area contributed by atoms with Gasteiger partial charge < -0.3 is 14.5 Å². The molecule has 0 aliphatic carbocycles. The van der Waals surface area contributed by atoms with Gasteiger partial charge in [0.05, 0.1) is 6.61 Å². The number of aromatic nitrogens is 1. The van der Waals surface area contributed by atoms with Gasteiger partial charge in [-0.3, -0.25) is 4.79 Å². The highest BCUT2D eigenvalue weighted by molar-refractivity contribution is 6.05. The quantitative estimate of drug-likeness (QED) is 0.460. The second kappa shape index (κ2) is 8.14. The number of nitrogens with zero attached hydrogens (tertiary/aromatic N) is 1. The van der Waals surface area contributed by atoms with E-state index in [4.69, 9.17) is 9.15 Å². The molecule has 1 amide bonds. The van der Waals surface area contributed by atoms with Crippen LogP contribution < -0.4 is 10.1 Å². The molecule has 5 nitrogen and oxygen atoms in total. The molecule has 0 atom stereocenters. The summed E-state index contributed by atoms with van der Waals surface area (Å²) in [4.78, 5) is 17.0. The number of ether oxygens (including phenoxy) is 1. The fourth-order valence-electron chi connectivity index (χ4n) is 2.90. The van der Waals surface area contributed by atoms with Crippen LogP contribution in [0.5, 0.6) is 5.75 Å². The maximum absolute atomic E-state index is 13.4. The number of hydrogen-bond acceptors (Lipinski definition) is 4. The van der Waals surface area contributed by atoms with Crippen molar-refractivity contribution in [2.24, 2.45) is 0 Å². The SMILES string of the molecule is CCCOc1cccc(C(=O)Nc2ccc3oc(-c4cccc(F)c4)nc3c2)c1. The minimum atomic E-state index is -0.358. The van der Waals surface area contributed by atoms with E-state index in [2.05, 4.69) is 10.3 Å². The first-order chi connectivity index (χ1) is 14.1. The molecule has 0 saturated carbocycles. The van der Waals surface area contributed by atoms with E-state index in [0.717, 1.165) is 6.42 Å². The predicted molar refractivity (Wildman–Crippen MR) is 110 cm³/mol. The smallest absolute Gasteiger partial charge is 0.255 e. The van der Waals surface area contributed by atoms with E-state index in [1.807, 2.05) is 13.0 Å². The lowest BCUT2D eigenvalue weighted by Crippen LogP contribution is -2.12. The number of hydrogen-bond donors (Lipinski definition) is 1. The average Bonchev–Trinajstić information content (AvgIpc) is 3.16. The van der Waals surface area contributed by atoms with Crippen LogP contribution in [0.2, 0.25) is 0 Å². The lowest BCUT2D eigenvalue weighted by molar-refractivity contribution is 0.102. The Hall–Kier alpha value is -3.67. The zero-order chi connectivity index (χ0) is 20.2. The fourth-order valence-corrected chi connectivity index (χ4v) is 2.90. The minimum Gasteiger partial charge on any atom is -0.494 e. The molecule has 1 N–H and O–H groups in total. The number of carbonyl (C=O) groups excluding carboxylic acids is 1. The van der Waals surface area contributed by atoms with E-state index in [9.17, 15) is 9.18 Å². The summed E-state index contributed by atoms with van der Waals surface area (Å²) in [6, 6.07) is 18.3. The van der Waals surface area contributed by atoms with Crippen molar-refractivity contribution in [2.75, 3.05) is 11.9 Å². The Labute approximate surface area is 167 Å². The van der Waals surface area contributed by atoms with E-state index in [1.165, 1.54) is 12.1 Å². The third-order valence-electron chi connectivity index (χ3n) is 4.29. The van der Waals surface area contributed by atoms with Crippen LogP contribution in [-0.4, -0.2) is 17.5 Å². The Morgan fingerprint density at radius 3 is 2.79 bits per heavy atom. The number of anilines is 1. The van der Waals surface area contributed by atoms with Crippen molar-refractivity contribution in [3.05, 3.63) is 78.1 Å². The molecule has 0 spiro atoms. The molecule has 29 heavy (non-hydrogen) atoms. The van der Waals surface area contributed by atoms with Gasteiger partial charge in [0.25, 0.3) is 5.91 Å². The first kappa shape index (κ1) is 18.7. The fraction of sp³-hybridized carbons (Fsp3) is 0.130. The largest absolute Gasteiger partial charge is 0.494 e. The van der Waals surface area contributed by atoms with Crippen molar-refractivity contribution in [2.45, 2.75) is 13.3 Å². The Morgan fingerprint density at radius 2 is 1.97 bits per heavy atom. The predicted octanol–water partition coefficient (Wildman–Crippen LogP) is 5.68. The van der Waals surface area contributed by atoms with Gasteiger partial charge in [0.2, 0.25) is 5.89 Å². The molecule has 0 aliphatic heterocycles. The lowest BCUT2D eigenvalue weighted by Gasteiger charge is -2.08. The maximum Gasteiger partial charge on any atom is 0.255 e. The number of oxazole rings is 1. The molecule has 0 radical (unpaired) electrons. The molecule has 4 rings (SSSR count). The Balaban J connectivity index is 1.55. The van der Waals surface area contributed by atoms with Gasteiger partial charge in [0.1, 0.15) is 17.1 Å². The first-order valence-corrected chi connectivity index (χ1v) is 9.33. The van der Waals surface area contributed by atoms with E-state index < -0.39 is 0 Å². The Kier molecular flexibility index (Phi) is 5.24. The molecule has 0 saturated heterocycles. The molecule has 6 heteroatoms. The van der Waals surface area contributed by atoms with Gasteiger partial charge >= 0.3 is 0 Å². The highest BCUT2D eigenvalue weighted by atomic mass is 19.1. The van der Waals surface area contributed by atoms with Crippen LogP contribution in [0.1, 0.15) is 23.7 Å². The van der Waals surface area contributed by atoms with Gasteiger partial charge in [-0.15, -0.1) is 0 Å². The summed E-state index contributed by atoms with van der Waals surface area (Å²) in [5, 5.41) is 2.86. The Bertz CT molecular complexity index is 1170. The second-order valence-electron chi connectivity index (χ2n) is 6.54. The van der Waals surface area contributed by atoms with Crippen LogP contribution in [0.4, 0.5) is 10.1 Å². The summed E-state index contributed by atoms with van der Waals surface area (Å²) in [6.45, 7) is 2.62. The number of amides is 1. The van der Waals surface area contributed by atoms with Gasteiger partial charge in [-0.05, 0) is 61.0 Å². The summed E-state index contributed by atoms with van der Waals surface area (Å²) in [6.07, 6.45) is 0.895. The summed E-state index contributed by atoms with van der Waals surface area (Å²) in [5.41, 5.74) is 2.76. The van der Waals surface area contributed by atoms with Gasteiger partial charge in [-0.2, -0.15) is 0 Å². The molecule has 3 aromatic carbocycles. The van der Waals surface area contributed by atoms with Crippen molar-refractivity contribution < 1.29 is 18.3 Å². The van der Waals surface area contributed by atoms with Gasteiger partial charge in [-0.25, -0.2) is 9.37 Å². The van der Waals surface area contributed by atoms with Crippen molar-refractivity contribution >= 4 is 22.7 Å². The van der Waals surface area contributed by atoms with Gasteiger partial charge in [-0.1, -0.05) is 19.1 Å². The molecule has 0 fully saturated rings. The van der Waals surface area contributed by atoms with Crippen LogP contribution in [0, 0.1) is 5.82 Å².